The van der Waals surface area contributed by atoms with E-state index < -0.39 is 11.6 Å². The Morgan fingerprint density at radius 3 is 2.67 bits per heavy atom. The first-order valence-corrected chi connectivity index (χ1v) is 5.75. The summed E-state index contributed by atoms with van der Waals surface area (Å²) >= 11 is 0. The van der Waals surface area contributed by atoms with Crippen molar-refractivity contribution in [3.63, 3.8) is 0 Å². The SMILES string of the molecule is CCC(C)(N)C(=O)N[C@H]1CCCC[C@@H]1O. The second-order valence-electron chi connectivity index (χ2n) is 4.70. The Hall–Kier alpha value is -0.610. The van der Waals surface area contributed by atoms with Gasteiger partial charge in [-0.2, -0.15) is 0 Å². The molecule has 3 atom stereocenters. The van der Waals surface area contributed by atoms with Crippen molar-refractivity contribution >= 4 is 5.91 Å². The van der Waals surface area contributed by atoms with Crippen LogP contribution in [-0.4, -0.2) is 28.7 Å². The number of amides is 1. The standard InChI is InChI=1S/C11H22N2O2/c1-3-11(2,12)10(15)13-8-6-4-5-7-9(8)14/h8-9,14H,3-7,12H2,1-2H3,(H,13,15)/t8-,9-,11?/m0/s1. The molecule has 15 heavy (non-hydrogen) atoms. The molecule has 4 nitrogen and oxygen atoms in total. The molecule has 0 aromatic rings. The van der Waals surface area contributed by atoms with Gasteiger partial charge in [-0.25, -0.2) is 0 Å². The van der Waals surface area contributed by atoms with E-state index in [0.29, 0.717) is 6.42 Å². The highest BCUT2D eigenvalue weighted by molar-refractivity contribution is 5.85. The van der Waals surface area contributed by atoms with Crippen molar-refractivity contribution in [3.8, 4) is 0 Å². The zero-order chi connectivity index (χ0) is 11.5. The number of rotatable bonds is 3. The fourth-order valence-electron chi connectivity index (χ4n) is 1.77. The predicted molar refractivity (Wildman–Crippen MR) is 59.3 cm³/mol. The van der Waals surface area contributed by atoms with Crippen LogP contribution in [0.3, 0.4) is 0 Å². The van der Waals surface area contributed by atoms with Gasteiger partial charge in [0.25, 0.3) is 0 Å². The first kappa shape index (κ1) is 12.5. The van der Waals surface area contributed by atoms with E-state index in [1.165, 1.54) is 0 Å². The monoisotopic (exact) mass is 214 g/mol. The lowest BCUT2D eigenvalue weighted by atomic mass is 9.91. The molecule has 0 radical (unpaired) electrons. The normalized spacial score (nSPS) is 30.7. The van der Waals surface area contributed by atoms with Crippen LogP contribution in [0.2, 0.25) is 0 Å². The van der Waals surface area contributed by atoms with Gasteiger partial charge < -0.3 is 16.2 Å². The van der Waals surface area contributed by atoms with Crippen LogP contribution in [0.4, 0.5) is 0 Å². The first-order chi connectivity index (χ1) is 6.97. The number of aliphatic hydroxyl groups excluding tert-OH is 1. The molecule has 0 saturated heterocycles. The van der Waals surface area contributed by atoms with Gasteiger partial charge in [0.15, 0.2) is 0 Å². The molecule has 1 rings (SSSR count). The molecule has 1 unspecified atom stereocenters. The van der Waals surface area contributed by atoms with Crippen molar-refractivity contribution in [1.82, 2.24) is 5.32 Å². The average Bonchev–Trinajstić information content (AvgIpc) is 2.21. The average molecular weight is 214 g/mol. The molecule has 88 valence electrons. The molecular formula is C11H22N2O2. The number of carbonyl (C=O) groups is 1. The molecular weight excluding hydrogens is 192 g/mol. The number of carbonyl (C=O) groups excluding carboxylic acids is 1. The topological polar surface area (TPSA) is 75.4 Å². The van der Waals surface area contributed by atoms with Crippen LogP contribution in [0, 0.1) is 0 Å². The van der Waals surface area contributed by atoms with Crippen LogP contribution >= 0.6 is 0 Å². The summed E-state index contributed by atoms with van der Waals surface area (Å²) in [6.07, 6.45) is 3.93. The zero-order valence-corrected chi connectivity index (χ0v) is 9.62. The van der Waals surface area contributed by atoms with Gasteiger partial charge in [-0.05, 0) is 26.2 Å². The van der Waals surface area contributed by atoms with Crippen LogP contribution in [-0.2, 0) is 4.79 Å². The molecule has 1 amide bonds. The summed E-state index contributed by atoms with van der Waals surface area (Å²) in [4.78, 5) is 11.8. The Labute approximate surface area is 91.2 Å². The molecule has 1 saturated carbocycles. The molecule has 0 aromatic heterocycles. The maximum absolute atomic E-state index is 11.8. The zero-order valence-electron chi connectivity index (χ0n) is 9.62. The highest BCUT2D eigenvalue weighted by Crippen LogP contribution is 2.19. The third kappa shape index (κ3) is 3.18. The number of hydrogen-bond donors (Lipinski definition) is 3. The number of hydrogen-bond acceptors (Lipinski definition) is 3. The molecule has 0 heterocycles. The van der Waals surface area contributed by atoms with E-state index in [2.05, 4.69) is 5.32 Å². The van der Waals surface area contributed by atoms with Gasteiger partial charge in [-0.1, -0.05) is 19.8 Å². The van der Waals surface area contributed by atoms with E-state index in [-0.39, 0.29) is 11.9 Å². The molecule has 0 aliphatic heterocycles. The fraction of sp³-hybridized carbons (Fsp3) is 0.909. The molecule has 1 aliphatic rings. The summed E-state index contributed by atoms with van der Waals surface area (Å²) in [5.74, 6) is -0.157. The fourth-order valence-corrected chi connectivity index (χ4v) is 1.77. The van der Waals surface area contributed by atoms with Gasteiger partial charge in [0.05, 0.1) is 17.7 Å². The number of aliphatic hydroxyl groups is 1. The summed E-state index contributed by atoms with van der Waals surface area (Å²) in [6.45, 7) is 3.61. The minimum Gasteiger partial charge on any atom is -0.391 e. The van der Waals surface area contributed by atoms with Gasteiger partial charge in [0, 0.05) is 0 Å². The lowest BCUT2D eigenvalue weighted by Crippen LogP contribution is -2.56. The lowest BCUT2D eigenvalue weighted by molar-refractivity contribution is -0.127. The largest absolute Gasteiger partial charge is 0.391 e. The number of nitrogens with two attached hydrogens (primary N) is 1. The molecule has 0 spiro atoms. The smallest absolute Gasteiger partial charge is 0.240 e. The highest BCUT2D eigenvalue weighted by Gasteiger charge is 2.31. The van der Waals surface area contributed by atoms with Gasteiger partial charge in [0.1, 0.15) is 0 Å². The summed E-state index contributed by atoms with van der Waals surface area (Å²) in [7, 11) is 0. The molecule has 0 aromatic carbocycles. The predicted octanol–water partition coefficient (Wildman–Crippen LogP) is 0.533. The quantitative estimate of drug-likeness (QED) is 0.641. The van der Waals surface area contributed by atoms with E-state index in [1.807, 2.05) is 6.92 Å². The third-order valence-corrected chi connectivity index (χ3v) is 3.30. The van der Waals surface area contributed by atoms with Crippen LogP contribution < -0.4 is 11.1 Å². The minimum atomic E-state index is -0.822. The van der Waals surface area contributed by atoms with Crippen LogP contribution in [0.1, 0.15) is 46.0 Å². The van der Waals surface area contributed by atoms with Crippen molar-refractivity contribution in [2.45, 2.75) is 63.6 Å². The van der Waals surface area contributed by atoms with Crippen molar-refractivity contribution in [3.05, 3.63) is 0 Å². The molecule has 4 N–H and O–H groups in total. The van der Waals surface area contributed by atoms with E-state index in [1.54, 1.807) is 6.92 Å². The highest BCUT2D eigenvalue weighted by atomic mass is 16.3. The molecule has 1 aliphatic carbocycles. The van der Waals surface area contributed by atoms with Crippen molar-refractivity contribution in [2.24, 2.45) is 5.73 Å². The van der Waals surface area contributed by atoms with Crippen molar-refractivity contribution in [2.75, 3.05) is 0 Å². The van der Waals surface area contributed by atoms with Crippen LogP contribution in [0.25, 0.3) is 0 Å². The summed E-state index contributed by atoms with van der Waals surface area (Å²) < 4.78 is 0. The van der Waals surface area contributed by atoms with Gasteiger partial charge >= 0.3 is 0 Å². The Bertz CT molecular complexity index is 229. The lowest BCUT2D eigenvalue weighted by Gasteiger charge is -2.31. The van der Waals surface area contributed by atoms with Gasteiger partial charge in [-0.3, -0.25) is 4.79 Å². The molecule has 4 heteroatoms. The summed E-state index contributed by atoms with van der Waals surface area (Å²) in [5.41, 5.74) is 5.01. The van der Waals surface area contributed by atoms with Crippen molar-refractivity contribution < 1.29 is 9.90 Å². The van der Waals surface area contributed by atoms with Crippen LogP contribution in [0.5, 0.6) is 0 Å². The summed E-state index contributed by atoms with van der Waals surface area (Å²) in [5, 5.41) is 12.5. The van der Waals surface area contributed by atoms with Crippen molar-refractivity contribution in [1.29, 1.82) is 0 Å². The second-order valence-corrected chi connectivity index (χ2v) is 4.70. The Balaban J connectivity index is 2.50. The third-order valence-electron chi connectivity index (χ3n) is 3.30. The molecule has 1 fully saturated rings. The Morgan fingerprint density at radius 1 is 1.53 bits per heavy atom. The van der Waals surface area contributed by atoms with E-state index >= 15 is 0 Å². The summed E-state index contributed by atoms with van der Waals surface area (Å²) in [6, 6.07) is -0.110. The number of nitrogens with one attached hydrogen (secondary N) is 1. The van der Waals surface area contributed by atoms with Gasteiger partial charge in [0.2, 0.25) is 5.91 Å². The van der Waals surface area contributed by atoms with E-state index in [0.717, 1.165) is 25.7 Å². The van der Waals surface area contributed by atoms with E-state index in [4.69, 9.17) is 5.73 Å². The second kappa shape index (κ2) is 4.94. The Kier molecular flexibility index (Phi) is 4.11. The first-order valence-electron chi connectivity index (χ1n) is 5.75. The minimum absolute atomic E-state index is 0.110. The van der Waals surface area contributed by atoms with Gasteiger partial charge in [-0.15, -0.1) is 0 Å². The van der Waals surface area contributed by atoms with E-state index in [9.17, 15) is 9.90 Å². The molecule has 0 bridgehead atoms. The van der Waals surface area contributed by atoms with Crippen LogP contribution in [0.15, 0.2) is 0 Å². The maximum Gasteiger partial charge on any atom is 0.240 e. The maximum atomic E-state index is 11.8. The Morgan fingerprint density at radius 2 is 2.13 bits per heavy atom.